The second-order valence-corrected chi connectivity index (χ2v) is 9.67. The normalized spacial score (nSPS) is 28.6. The zero-order valence-electron chi connectivity index (χ0n) is 17.4. The Balaban J connectivity index is 1.19. The third kappa shape index (κ3) is 3.22. The summed E-state index contributed by atoms with van der Waals surface area (Å²) in [6, 6.07) is 5.61. The molecule has 3 aromatic rings. The molecule has 1 amide bonds. The Morgan fingerprint density at radius 1 is 1.23 bits per heavy atom. The van der Waals surface area contributed by atoms with Crippen LogP contribution in [-0.2, 0) is 13.0 Å². The average Bonchev–Trinajstić information content (AvgIpc) is 3.47. The minimum absolute atomic E-state index is 0.0120. The summed E-state index contributed by atoms with van der Waals surface area (Å²) >= 11 is 0. The number of nitrogens with zero attached hydrogens (tertiary/aromatic N) is 6. The van der Waals surface area contributed by atoms with E-state index in [0.29, 0.717) is 29.9 Å². The van der Waals surface area contributed by atoms with Crippen LogP contribution in [0.5, 0.6) is 0 Å². The molecule has 9 nitrogen and oxygen atoms in total. The highest BCUT2D eigenvalue weighted by Crippen LogP contribution is 2.65. The summed E-state index contributed by atoms with van der Waals surface area (Å²) in [6.45, 7) is 1.13. The highest BCUT2D eigenvalue weighted by atomic mass is 16.3. The Bertz CT molecular complexity index is 1120. The van der Waals surface area contributed by atoms with Crippen molar-refractivity contribution in [2.75, 3.05) is 13.2 Å². The number of carbonyl (C=O) groups excluding carboxylic acids is 1. The molecule has 0 saturated heterocycles. The van der Waals surface area contributed by atoms with Crippen LogP contribution in [0.25, 0.3) is 5.65 Å². The molecule has 31 heavy (non-hydrogen) atoms. The molecule has 162 valence electrons. The standard InChI is InChI=1S/C22H27N7O2/c30-5-4-19-25-27-29(26-19)12-17-11-28-18(2-1-3-20(28)24-17)21(31)23-13-22-9-14-6-15(10-22)8-16(22)7-14/h1-3,11,14-16,30H,4-10,12-13H2,(H,23,31). The fourth-order valence-corrected chi connectivity index (χ4v) is 6.61. The summed E-state index contributed by atoms with van der Waals surface area (Å²) in [5.74, 6) is 3.03. The highest BCUT2D eigenvalue weighted by Gasteiger charge is 2.57. The predicted octanol–water partition coefficient (Wildman–Crippen LogP) is 1.46. The maximum absolute atomic E-state index is 13.1. The van der Waals surface area contributed by atoms with Gasteiger partial charge in [-0.25, -0.2) is 4.98 Å². The fourth-order valence-electron chi connectivity index (χ4n) is 6.61. The number of carbonyl (C=O) groups is 1. The molecule has 2 unspecified atom stereocenters. The molecule has 9 heteroatoms. The van der Waals surface area contributed by atoms with Gasteiger partial charge in [0.25, 0.3) is 5.91 Å². The number of fused-ring (bicyclic) bond motifs is 1. The lowest BCUT2D eigenvalue weighted by Gasteiger charge is -2.33. The van der Waals surface area contributed by atoms with Crippen LogP contribution in [0.2, 0.25) is 0 Å². The molecule has 4 aliphatic carbocycles. The Labute approximate surface area is 179 Å². The van der Waals surface area contributed by atoms with Gasteiger partial charge in [-0.3, -0.25) is 9.20 Å². The van der Waals surface area contributed by atoms with Crippen LogP contribution < -0.4 is 5.32 Å². The Kier molecular flexibility index (Phi) is 4.34. The van der Waals surface area contributed by atoms with Crippen LogP contribution in [0.15, 0.2) is 24.4 Å². The van der Waals surface area contributed by atoms with Crippen molar-refractivity contribution < 1.29 is 9.90 Å². The first kappa shape index (κ1) is 18.9. The van der Waals surface area contributed by atoms with Crippen molar-refractivity contribution in [3.8, 4) is 0 Å². The Morgan fingerprint density at radius 3 is 2.87 bits per heavy atom. The van der Waals surface area contributed by atoms with Crippen molar-refractivity contribution in [2.45, 2.75) is 45.1 Å². The monoisotopic (exact) mass is 421 g/mol. The molecule has 0 aromatic carbocycles. The van der Waals surface area contributed by atoms with E-state index in [0.717, 1.165) is 35.6 Å². The number of aliphatic hydroxyl groups is 1. The number of tetrazole rings is 1. The molecule has 3 aromatic heterocycles. The molecule has 2 N–H and O–H groups in total. The van der Waals surface area contributed by atoms with E-state index in [-0.39, 0.29) is 12.5 Å². The van der Waals surface area contributed by atoms with E-state index >= 15 is 0 Å². The Hall–Kier alpha value is -2.81. The molecule has 4 fully saturated rings. The van der Waals surface area contributed by atoms with Gasteiger partial charge in [-0.15, -0.1) is 10.2 Å². The summed E-state index contributed by atoms with van der Waals surface area (Å²) in [5.41, 5.74) is 2.40. The number of hydrogen-bond acceptors (Lipinski definition) is 6. The van der Waals surface area contributed by atoms with E-state index in [1.165, 1.54) is 36.9 Å². The van der Waals surface area contributed by atoms with Crippen LogP contribution in [0.1, 0.15) is 54.1 Å². The maximum Gasteiger partial charge on any atom is 0.268 e. The van der Waals surface area contributed by atoms with Gasteiger partial charge in [-0.05, 0) is 72.6 Å². The SMILES string of the molecule is O=C(NCC12CC3CC(CC1C3)C2)c1cccc2nc(Cn3nnc(CCO)n3)cn12. The van der Waals surface area contributed by atoms with E-state index in [4.69, 9.17) is 5.11 Å². The van der Waals surface area contributed by atoms with Crippen LogP contribution >= 0.6 is 0 Å². The van der Waals surface area contributed by atoms with Gasteiger partial charge in [0.1, 0.15) is 17.9 Å². The number of hydrogen-bond donors (Lipinski definition) is 2. The van der Waals surface area contributed by atoms with Gasteiger partial charge in [0.2, 0.25) is 0 Å². The predicted molar refractivity (Wildman–Crippen MR) is 111 cm³/mol. The molecule has 0 aliphatic heterocycles. The lowest BCUT2D eigenvalue weighted by molar-refractivity contribution is 0.0907. The molecule has 4 bridgehead atoms. The fraction of sp³-hybridized carbons (Fsp3) is 0.591. The van der Waals surface area contributed by atoms with Gasteiger partial charge >= 0.3 is 0 Å². The second kappa shape index (κ2) is 7.12. The quantitative estimate of drug-likeness (QED) is 0.598. The minimum Gasteiger partial charge on any atom is -0.396 e. The summed E-state index contributed by atoms with van der Waals surface area (Å²) in [6.07, 6.45) is 8.95. The van der Waals surface area contributed by atoms with E-state index in [2.05, 4.69) is 25.7 Å². The number of pyridine rings is 1. The van der Waals surface area contributed by atoms with Crippen molar-refractivity contribution in [3.63, 3.8) is 0 Å². The molecule has 2 atom stereocenters. The number of nitrogens with one attached hydrogen (secondary N) is 1. The highest BCUT2D eigenvalue weighted by molar-refractivity contribution is 5.93. The zero-order valence-corrected chi connectivity index (χ0v) is 17.4. The molecular weight excluding hydrogens is 394 g/mol. The smallest absolute Gasteiger partial charge is 0.268 e. The van der Waals surface area contributed by atoms with Gasteiger partial charge in [0.15, 0.2) is 5.82 Å². The van der Waals surface area contributed by atoms with E-state index in [9.17, 15) is 4.79 Å². The van der Waals surface area contributed by atoms with Crippen LogP contribution in [0, 0.1) is 23.2 Å². The molecule has 0 radical (unpaired) electrons. The average molecular weight is 422 g/mol. The number of aromatic nitrogens is 6. The number of amides is 1. The maximum atomic E-state index is 13.1. The third-order valence-electron chi connectivity index (χ3n) is 7.67. The van der Waals surface area contributed by atoms with E-state index in [1.54, 1.807) is 0 Å². The molecule has 7 rings (SSSR count). The van der Waals surface area contributed by atoms with Crippen molar-refractivity contribution in [1.82, 2.24) is 34.9 Å². The first-order valence-corrected chi connectivity index (χ1v) is 11.2. The Morgan fingerprint density at radius 2 is 2.06 bits per heavy atom. The molecule has 4 aliphatic rings. The zero-order chi connectivity index (χ0) is 21.0. The minimum atomic E-state index is -0.0424. The number of aliphatic hydroxyl groups excluding tert-OH is 1. The molecular formula is C22H27N7O2. The summed E-state index contributed by atoms with van der Waals surface area (Å²) in [4.78, 5) is 19.2. The lowest BCUT2D eigenvalue weighted by atomic mass is 9.75. The van der Waals surface area contributed by atoms with E-state index in [1.807, 2.05) is 28.8 Å². The third-order valence-corrected chi connectivity index (χ3v) is 7.67. The van der Waals surface area contributed by atoms with Crippen LogP contribution in [-0.4, -0.2) is 53.8 Å². The summed E-state index contributed by atoms with van der Waals surface area (Å²) < 4.78 is 1.84. The van der Waals surface area contributed by atoms with Gasteiger partial charge < -0.3 is 10.4 Å². The number of imidazole rings is 1. The van der Waals surface area contributed by atoms with Gasteiger partial charge in [0.05, 0.1) is 12.3 Å². The van der Waals surface area contributed by atoms with Gasteiger partial charge in [-0.2, -0.15) is 4.80 Å². The van der Waals surface area contributed by atoms with Crippen molar-refractivity contribution in [3.05, 3.63) is 41.6 Å². The van der Waals surface area contributed by atoms with Crippen LogP contribution in [0.3, 0.4) is 0 Å². The molecule has 4 saturated carbocycles. The first-order valence-electron chi connectivity index (χ1n) is 11.2. The first-order chi connectivity index (χ1) is 15.1. The van der Waals surface area contributed by atoms with Gasteiger partial charge in [-0.1, -0.05) is 6.07 Å². The van der Waals surface area contributed by atoms with Crippen molar-refractivity contribution in [1.29, 1.82) is 0 Å². The lowest BCUT2D eigenvalue weighted by Crippen LogP contribution is -2.39. The number of rotatable bonds is 7. The molecule has 3 heterocycles. The van der Waals surface area contributed by atoms with Gasteiger partial charge in [0, 0.05) is 19.2 Å². The molecule has 0 spiro atoms. The second-order valence-electron chi connectivity index (χ2n) is 9.67. The topological polar surface area (TPSA) is 110 Å². The summed E-state index contributed by atoms with van der Waals surface area (Å²) in [7, 11) is 0. The van der Waals surface area contributed by atoms with E-state index < -0.39 is 0 Å². The van der Waals surface area contributed by atoms with Crippen LogP contribution in [0.4, 0.5) is 0 Å². The summed E-state index contributed by atoms with van der Waals surface area (Å²) in [5, 5.41) is 24.4. The largest absolute Gasteiger partial charge is 0.396 e. The van der Waals surface area contributed by atoms with Crippen molar-refractivity contribution >= 4 is 11.6 Å². The van der Waals surface area contributed by atoms with Crippen molar-refractivity contribution in [2.24, 2.45) is 23.2 Å².